The standard InChI is InChI=1S/C42H85N3O.CH4O4S/c1-5-7-9-11-13-15-17-19-21-23-25-27-29-31-33-35-37-43-40(3)42(44-38-39-45(42)4)41(46)36-34-32-30-28-26-24-22-20-18-16-14-12-10-8-6-2;1-5-6(2,3)4/h40,43-44H,5-39H2,1-4H3;1H3,(H,2,3,4). The number of ketones is 1. The first-order chi connectivity index (χ1) is 25.2. The Hall–Kier alpha value is -0.580. The molecule has 0 radical (unpaired) electrons. The molecule has 9 heteroatoms. The Morgan fingerprint density at radius 1 is 0.654 bits per heavy atom. The van der Waals surface area contributed by atoms with Crippen LogP contribution in [0, 0.1) is 0 Å². The molecule has 8 nitrogen and oxygen atoms in total. The minimum atomic E-state index is -4.16. The highest BCUT2D eigenvalue weighted by atomic mass is 32.3. The SMILES string of the molecule is CCCCCCCCCCCCCCCCCCNC(C)C1(C(=O)CCCCCCCCCCCCCCCCC)NCCN1C.COS(=O)(=O)O. The van der Waals surface area contributed by atoms with Crippen LogP contribution < -0.4 is 10.6 Å². The first-order valence-electron chi connectivity index (χ1n) is 22.4. The summed E-state index contributed by atoms with van der Waals surface area (Å²) in [6.07, 6.45) is 43.6. The zero-order valence-corrected chi connectivity index (χ0v) is 36.1. The van der Waals surface area contributed by atoms with E-state index in [1.807, 2.05) is 0 Å². The lowest BCUT2D eigenvalue weighted by atomic mass is 9.91. The molecule has 1 rings (SSSR count). The Morgan fingerprint density at radius 2 is 0.962 bits per heavy atom. The fourth-order valence-corrected chi connectivity index (χ4v) is 7.75. The minimum Gasteiger partial charge on any atom is -0.311 e. The van der Waals surface area contributed by atoms with E-state index in [1.165, 1.54) is 193 Å². The summed E-state index contributed by atoms with van der Waals surface area (Å²) in [5, 5.41) is 7.40. The third-order valence-corrected chi connectivity index (χ3v) is 11.6. The summed E-state index contributed by atoms with van der Waals surface area (Å²) in [5.41, 5.74) is -0.523. The zero-order chi connectivity index (χ0) is 38.6. The Balaban J connectivity index is 0.00000397. The Kier molecular flexibility index (Phi) is 35.7. The quantitative estimate of drug-likeness (QED) is 0.0424. The average Bonchev–Trinajstić information content (AvgIpc) is 3.53. The van der Waals surface area contributed by atoms with E-state index in [0.29, 0.717) is 12.2 Å². The van der Waals surface area contributed by atoms with E-state index in [1.54, 1.807) is 0 Å². The number of rotatable bonds is 37. The minimum absolute atomic E-state index is 0.139. The number of Topliss-reactive ketones (excluding diaryl/α,β-unsaturated/α-hetero) is 1. The van der Waals surface area contributed by atoms with Gasteiger partial charge in [-0.05, 0) is 33.4 Å². The maximum Gasteiger partial charge on any atom is 0.397 e. The maximum absolute atomic E-state index is 13.6. The number of hydrogen-bond acceptors (Lipinski definition) is 7. The van der Waals surface area contributed by atoms with E-state index in [9.17, 15) is 13.2 Å². The van der Waals surface area contributed by atoms with Crippen molar-refractivity contribution >= 4 is 16.2 Å². The predicted molar refractivity (Wildman–Crippen MR) is 223 cm³/mol. The van der Waals surface area contributed by atoms with Crippen LogP contribution in [0.1, 0.15) is 226 Å². The molecule has 0 aliphatic carbocycles. The lowest BCUT2D eigenvalue weighted by Gasteiger charge is -2.40. The summed E-state index contributed by atoms with van der Waals surface area (Å²) in [7, 11) is -1.16. The van der Waals surface area contributed by atoms with E-state index in [0.717, 1.165) is 33.2 Å². The monoisotopic (exact) mass is 760 g/mol. The van der Waals surface area contributed by atoms with Gasteiger partial charge in [-0.2, -0.15) is 8.42 Å². The molecular weight excluding hydrogens is 671 g/mol. The molecule has 2 atom stereocenters. The van der Waals surface area contributed by atoms with Crippen molar-refractivity contribution in [3.8, 4) is 0 Å². The Bertz CT molecular complexity index is 890. The van der Waals surface area contributed by atoms with Crippen LogP contribution >= 0.6 is 0 Å². The highest BCUT2D eigenvalue weighted by Crippen LogP contribution is 2.25. The summed E-state index contributed by atoms with van der Waals surface area (Å²) in [6, 6.07) is 0.139. The second-order valence-electron chi connectivity index (χ2n) is 15.8. The van der Waals surface area contributed by atoms with Crippen LogP contribution in [0.25, 0.3) is 0 Å². The highest BCUT2D eigenvalue weighted by Gasteiger charge is 2.48. The third kappa shape index (κ3) is 28.8. The van der Waals surface area contributed by atoms with Crippen molar-refractivity contribution in [2.24, 2.45) is 0 Å². The molecule has 1 saturated heterocycles. The van der Waals surface area contributed by atoms with E-state index >= 15 is 0 Å². The highest BCUT2D eigenvalue weighted by molar-refractivity contribution is 7.80. The Labute approximate surface area is 324 Å². The number of nitrogens with zero attached hydrogens (tertiary/aromatic N) is 1. The van der Waals surface area contributed by atoms with Crippen LogP contribution in [0.3, 0.4) is 0 Å². The molecule has 0 bridgehead atoms. The van der Waals surface area contributed by atoms with Gasteiger partial charge in [-0.1, -0.05) is 200 Å². The molecule has 0 saturated carbocycles. The molecule has 312 valence electrons. The summed E-state index contributed by atoms with van der Waals surface area (Å²) in [4.78, 5) is 15.9. The van der Waals surface area contributed by atoms with Crippen molar-refractivity contribution in [2.45, 2.75) is 238 Å². The van der Waals surface area contributed by atoms with Gasteiger partial charge in [0.1, 0.15) is 5.66 Å². The first kappa shape index (κ1) is 51.4. The normalized spacial score (nSPS) is 17.0. The molecular formula is C43H89N3O5S. The second-order valence-corrected chi connectivity index (χ2v) is 17.0. The van der Waals surface area contributed by atoms with Crippen LogP contribution in [0.4, 0.5) is 0 Å². The van der Waals surface area contributed by atoms with Gasteiger partial charge in [0.15, 0.2) is 5.78 Å². The average molecular weight is 760 g/mol. The fourth-order valence-electron chi connectivity index (χ4n) is 7.75. The summed E-state index contributed by atoms with van der Waals surface area (Å²) < 4.78 is 29.7. The lowest BCUT2D eigenvalue weighted by molar-refractivity contribution is -0.132. The molecule has 1 heterocycles. The van der Waals surface area contributed by atoms with Gasteiger partial charge in [0.25, 0.3) is 0 Å². The van der Waals surface area contributed by atoms with E-state index in [2.05, 4.69) is 47.5 Å². The van der Waals surface area contributed by atoms with Gasteiger partial charge >= 0.3 is 10.4 Å². The van der Waals surface area contributed by atoms with Gasteiger partial charge in [0.2, 0.25) is 0 Å². The smallest absolute Gasteiger partial charge is 0.311 e. The van der Waals surface area contributed by atoms with Crippen LogP contribution in [0.2, 0.25) is 0 Å². The topological polar surface area (TPSA) is 108 Å². The van der Waals surface area contributed by atoms with Crippen LogP contribution in [-0.2, 0) is 19.4 Å². The van der Waals surface area contributed by atoms with Crippen LogP contribution in [-0.4, -0.2) is 69.2 Å². The molecule has 0 aromatic carbocycles. The van der Waals surface area contributed by atoms with E-state index in [-0.39, 0.29) is 6.04 Å². The summed E-state index contributed by atoms with van der Waals surface area (Å²) >= 11 is 0. The molecule has 0 spiro atoms. The molecule has 52 heavy (non-hydrogen) atoms. The second kappa shape index (κ2) is 36.1. The van der Waals surface area contributed by atoms with Gasteiger partial charge in [-0.25, -0.2) is 0 Å². The largest absolute Gasteiger partial charge is 0.397 e. The van der Waals surface area contributed by atoms with E-state index in [4.69, 9.17) is 4.55 Å². The molecule has 0 amide bonds. The molecule has 3 N–H and O–H groups in total. The molecule has 1 aliphatic rings. The van der Waals surface area contributed by atoms with Crippen molar-refractivity contribution < 1.29 is 21.9 Å². The number of unbranched alkanes of at least 4 members (excludes halogenated alkanes) is 29. The zero-order valence-electron chi connectivity index (χ0n) is 35.3. The Morgan fingerprint density at radius 3 is 1.25 bits per heavy atom. The predicted octanol–water partition coefficient (Wildman–Crippen LogP) is 11.7. The van der Waals surface area contributed by atoms with Crippen molar-refractivity contribution in [3.05, 3.63) is 0 Å². The first-order valence-corrected chi connectivity index (χ1v) is 23.8. The van der Waals surface area contributed by atoms with Crippen LogP contribution in [0.15, 0.2) is 0 Å². The lowest BCUT2D eigenvalue weighted by Crippen LogP contribution is -2.67. The third-order valence-electron chi connectivity index (χ3n) is 11.2. The number of hydrogen-bond donors (Lipinski definition) is 3. The molecule has 0 aromatic heterocycles. The van der Waals surface area contributed by atoms with Crippen molar-refractivity contribution in [3.63, 3.8) is 0 Å². The molecule has 0 aromatic rings. The van der Waals surface area contributed by atoms with Gasteiger partial charge in [-0.3, -0.25) is 23.7 Å². The molecule has 2 unspecified atom stereocenters. The van der Waals surface area contributed by atoms with Crippen molar-refractivity contribution in [1.29, 1.82) is 0 Å². The van der Waals surface area contributed by atoms with Gasteiger partial charge in [0.05, 0.1) is 7.11 Å². The fraction of sp³-hybridized carbons (Fsp3) is 0.977. The molecule has 1 aliphatic heterocycles. The van der Waals surface area contributed by atoms with Gasteiger partial charge in [0, 0.05) is 25.6 Å². The molecule has 1 fully saturated rings. The summed E-state index contributed by atoms with van der Waals surface area (Å²) in [5.74, 6) is 0.397. The maximum atomic E-state index is 13.6. The number of carbonyl (C=O) groups is 1. The van der Waals surface area contributed by atoms with Crippen LogP contribution in [0.5, 0.6) is 0 Å². The van der Waals surface area contributed by atoms with E-state index < -0.39 is 16.1 Å². The summed E-state index contributed by atoms with van der Waals surface area (Å²) in [6.45, 7) is 9.70. The van der Waals surface area contributed by atoms with Gasteiger partial charge in [-0.15, -0.1) is 0 Å². The van der Waals surface area contributed by atoms with Crippen molar-refractivity contribution in [1.82, 2.24) is 15.5 Å². The van der Waals surface area contributed by atoms with Gasteiger partial charge < -0.3 is 5.32 Å². The van der Waals surface area contributed by atoms with Crippen molar-refractivity contribution in [2.75, 3.05) is 33.8 Å². The number of carbonyl (C=O) groups excluding carboxylic acids is 1. The number of likely N-dealkylation sites (N-methyl/N-ethyl adjacent to an activating group) is 1. The number of nitrogens with one attached hydrogen (secondary N) is 2.